The number of carbonyl (C=O) groups is 1. The van der Waals surface area contributed by atoms with Crippen molar-refractivity contribution in [3.63, 3.8) is 0 Å². The summed E-state index contributed by atoms with van der Waals surface area (Å²) in [5.74, 6) is 0.00329. The SMILES string of the molecule is Cc1cccc(C)c1NCC(=O)N(CC(C)O)C(C)C. The molecule has 1 unspecified atom stereocenters. The van der Waals surface area contributed by atoms with Crippen molar-refractivity contribution in [3.05, 3.63) is 29.3 Å². The van der Waals surface area contributed by atoms with Gasteiger partial charge in [-0.05, 0) is 45.7 Å². The molecule has 0 aliphatic carbocycles. The fourth-order valence-electron chi connectivity index (χ4n) is 2.24. The lowest BCUT2D eigenvalue weighted by Crippen LogP contribution is -2.44. The van der Waals surface area contributed by atoms with E-state index in [1.165, 1.54) is 0 Å². The molecule has 1 rings (SSSR count). The number of nitrogens with zero attached hydrogens (tertiary/aromatic N) is 1. The van der Waals surface area contributed by atoms with E-state index in [1.54, 1.807) is 11.8 Å². The molecule has 4 heteroatoms. The van der Waals surface area contributed by atoms with Crippen LogP contribution < -0.4 is 5.32 Å². The van der Waals surface area contributed by atoms with Gasteiger partial charge in [-0.2, -0.15) is 0 Å². The van der Waals surface area contributed by atoms with E-state index in [1.807, 2.05) is 45.9 Å². The molecule has 0 heterocycles. The standard InChI is InChI=1S/C16H26N2O2/c1-11(2)18(10-14(5)19)15(20)9-17-16-12(3)7-6-8-13(16)4/h6-8,11,14,17,19H,9-10H2,1-5H3. The number of aryl methyl sites for hydroxylation is 2. The summed E-state index contributed by atoms with van der Waals surface area (Å²) in [7, 11) is 0. The van der Waals surface area contributed by atoms with Crippen LogP contribution in [0.2, 0.25) is 0 Å². The average molecular weight is 278 g/mol. The predicted octanol–water partition coefficient (Wildman–Crippen LogP) is 2.33. The van der Waals surface area contributed by atoms with Crippen molar-refractivity contribution in [2.75, 3.05) is 18.4 Å². The van der Waals surface area contributed by atoms with Gasteiger partial charge in [0.2, 0.25) is 5.91 Å². The Kier molecular flexibility index (Phi) is 6.02. The van der Waals surface area contributed by atoms with E-state index in [2.05, 4.69) is 5.32 Å². The molecular formula is C16H26N2O2. The molecule has 0 aliphatic rings. The largest absolute Gasteiger partial charge is 0.392 e. The van der Waals surface area contributed by atoms with Crippen LogP contribution in [0.1, 0.15) is 31.9 Å². The molecule has 1 amide bonds. The molecule has 2 N–H and O–H groups in total. The Hall–Kier alpha value is -1.55. The smallest absolute Gasteiger partial charge is 0.242 e. The zero-order valence-electron chi connectivity index (χ0n) is 13.1. The second-order valence-electron chi connectivity index (χ2n) is 5.61. The summed E-state index contributed by atoms with van der Waals surface area (Å²) in [6, 6.07) is 6.13. The van der Waals surface area contributed by atoms with Gasteiger partial charge in [-0.3, -0.25) is 4.79 Å². The number of rotatable bonds is 6. The van der Waals surface area contributed by atoms with E-state index in [0.717, 1.165) is 16.8 Å². The molecule has 20 heavy (non-hydrogen) atoms. The maximum Gasteiger partial charge on any atom is 0.242 e. The lowest BCUT2D eigenvalue weighted by molar-refractivity contribution is -0.132. The first-order chi connectivity index (χ1) is 9.32. The molecule has 0 saturated carbocycles. The van der Waals surface area contributed by atoms with Crippen molar-refractivity contribution in [3.8, 4) is 0 Å². The van der Waals surface area contributed by atoms with Crippen molar-refractivity contribution in [2.45, 2.75) is 46.8 Å². The highest BCUT2D eigenvalue weighted by molar-refractivity contribution is 5.81. The summed E-state index contributed by atoms with van der Waals surface area (Å²) in [6.45, 7) is 10.3. The molecule has 1 aromatic carbocycles. The van der Waals surface area contributed by atoms with Crippen LogP contribution in [0, 0.1) is 13.8 Å². The van der Waals surface area contributed by atoms with E-state index < -0.39 is 6.10 Å². The number of benzene rings is 1. The summed E-state index contributed by atoms with van der Waals surface area (Å²) < 4.78 is 0. The number of nitrogens with one attached hydrogen (secondary N) is 1. The number of amides is 1. The third kappa shape index (κ3) is 4.53. The van der Waals surface area contributed by atoms with Crippen LogP contribution in [0.4, 0.5) is 5.69 Å². The molecular weight excluding hydrogens is 252 g/mol. The monoisotopic (exact) mass is 278 g/mol. The van der Waals surface area contributed by atoms with E-state index in [4.69, 9.17) is 0 Å². The number of hydrogen-bond acceptors (Lipinski definition) is 3. The average Bonchev–Trinajstić information content (AvgIpc) is 2.34. The molecule has 0 fully saturated rings. The van der Waals surface area contributed by atoms with Crippen LogP contribution in [0.15, 0.2) is 18.2 Å². The highest BCUT2D eigenvalue weighted by atomic mass is 16.3. The van der Waals surface area contributed by atoms with Gasteiger partial charge in [0.25, 0.3) is 0 Å². The van der Waals surface area contributed by atoms with E-state index in [9.17, 15) is 9.90 Å². The van der Waals surface area contributed by atoms with Gasteiger partial charge in [0.1, 0.15) is 0 Å². The van der Waals surface area contributed by atoms with Crippen molar-refractivity contribution in [1.82, 2.24) is 4.90 Å². The summed E-state index contributed by atoms with van der Waals surface area (Å²) in [4.78, 5) is 14.0. The van der Waals surface area contributed by atoms with E-state index in [0.29, 0.717) is 6.54 Å². The first-order valence-corrected chi connectivity index (χ1v) is 7.10. The van der Waals surface area contributed by atoms with Gasteiger partial charge in [0.15, 0.2) is 0 Å². The molecule has 0 aromatic heterocycles. The summed E-state index contributed by atoms with van der Waals surface area (Å²) in [5, 5.41) is 12.7. The first-order valence-electron chi connectivity index (χ1n) is 7.10. The maximum atomic E-state index is 12.3. The summed E-state index contributed by atoms with van der Waals surface area (Å²) in [6.07, 6.45) is -0.512. The summed E-state index contributed by atoms with van der Waals surface area (Å²) in [5.41, 5.74) is 3.27. The minimum Gasteiger partial charge on any atom is -0.392 e. The third-order valence-corrected chi connectivity index (χ3v) is 3.30. The topological polar surface area (TPSA) is 52.6 Å². The Balaban J connectivity index is 2.70. The quantitative estimate of drug-likeness (QED) is 0.839. The fourth-order valence-corrected chi connectivity index (χ4v) is 2.24. The van der Waals surface area contributed by atoms with Crippen molar-refractivity contribution in [2.24, 2.45) is 0 Å². The third-order valence-electron chi connectivity index (χ3n) is 3.30. The molecule has 0 radical (unpaired) electrons. The minimum atomic E-state index is -0.512. The molecule has 0 spiro atoms. The van der Waals surface area contributed by atoms with Gasteiger partial charge in [0, 0.05) is 18.3 Å². The lowest BCUT2D eigenvalue weighted by atomic mass is 10.1. The van der Waals surface area contributed by atoms with Crippen LogP contribution in [0.5, 0.6) is 0 Å². The summed E-state index contributed by atoms with van der Waals surface area (Å²) >= 11 is 0. The Bertz CT molecular complexity index is 436. The first kappa shape index (κ1) is 16.5. The zero-order valence-corrected chi connectivity index (χ0v) is 13.1. The molecule has 1 atom stereocenters. The van der Waals surface area contributed by atoms with E-state index in [-0.39, 0.29) is 18.5 Å². The normalized spacial score (nSPS) is 12.3. The minimum absolute atomic E-state index is 0.00329. The number of hydrogen-bond donors (Lipinski definition) is 2. The molecule has 1 aromatic rings. The number of para-hydroxylation sites is 1. The van der Waals surface area contributed by atoms with Crippen LogP contribution in [0.3, 0.4) is 0 Å². The number of aliphatic hydroxyl groups is 1. The molecule has 112 valence electrons. The highest BCUT2D eigenvalue weighted by Crippen LogP contribution is 2.19. The fraction of sp³-hybridized carbons (Fsp3) is 0.562. The Labute approximate surface area is 121 Å². The Morgan fingerprint density at radius 3 is 2.25 bits per heavy atom. The maximum absolute atomic E-state index is 12.3. The van der Waals surface area contributed by atoms with Crippen LogP contribution >= 0.6 is 0 Å². The van der Waals surface area contributed by atoms with Crippen molar-refractivity contribution < 1.29 is 9.90 Å². The second-order valence-corrected chi connectivity index (χ2v) is 5.61. The second kappa shape index (κ2) is 7.29. The zero-order chi connectivity index (χ0) is 15.3. The predicted molar refractivity (Wildman–Crippen MR) is 82.9 cm³/mol. The lowest BCUT2D eigenvalue weighted by Gasteiger charge is -2.28. The van der Waals surface area contributed by atoms with Crippen LogP contribution in [0.25, 0.3) is 0 Å². The van der Waals surface area contributed by atoms with Crippen LogP contribution in [-0.4, -0.2) is 41.1 Å². The highest BCUT2D eigenvalue weighted by Gasteiger charge is 2.18. The van der Waals surface area contributed by atoms with Gasteiger partial charge in [0.05, 0.1) is 12.6 Å². The molecule has 4 nitrogen and oxygen atoms in total. The van der Waals surface area contributed by atoms with Gasteiger partial charge in [-0.15, -0.1) is 0 Å². The van der Waals surface area contributed by atoms with Gasteiger partial charge < -0.3 is 15.3 Å². The molecule has 0 bridgehead atoms. The molecule has 0 aliphatic heterocycles. The van der Waals surface area contributed by atoms with Crippen molar-refractivity contribution >= 4 is 11.6 Å². The number of anilines is 1. The van der Waals surface area contributed by atoms with Gasteiger partial charge in [-0.25, -0.2) is 0 Å². The van der Waals surface area contributed by atoms with Crippen molar-refractivity contribution in [1.29, 1.82) is 0 Å². The number of aliphatic hydroxyl groups excluding tert-OH is 1. The van der Waals surface area contributed by atoms with Gasteiger partial charge in [-0.1, -0.05) is 18.2 Å². The molecule has 0 saturated heterocycles. The number of carbonyl (C=O) groups excluding carboxylic acids is 1. The van der Waals surface area contributed by atoms with Gasteiger partial charge >= 0.3 is 0 Å². The Morgan fingerprint density at radius 2 is 1.80 bits per heavy atom. The van der Waals surface area contributed by atoms with Crippen LogP contribution in [-0.2, 0) is 4.79 Å². The van der Waals surface area contributed by atoms with E-state index >= 15 is 0 Å². The Morgan fingerprint density at radius 1 is 1.25 bits per heavy atom.